The van der Waals surface area contributed by atoms with Crippen LogP contribution in [0.15, 0.2) is 42.5 Å². The Morgan fingerprint density at radius 3 is 2.38 bits per heavy atom. The van der Waals surface area contributed by atoms with Crippen LogP contribution in [0.2, 0.25) is 0 Å². The summed E-state index contributed by atoms with van der Waals surface area (Å²) in [6.07, 6.45) is 8.71. The molecule has 2 aliphatic rings. The van der Waals surface area contributed by atoms with Crippen molar-refractivity contribution in [1.29, 1.82) is 5.26 Å². The highest BCUT2D eigenvalue weighted by molar-refractivity contribution is 5.74. The standard InChI is InChI=1S/C34H48N4O4/c1-5-6-7-8-19-36-34(39)37(2)33-27-15-16-28(33)24-38(23-27)20-9-10-30(26-13-11-25(22-35)12-14-26)42-29-17-18-31(40-3)32(21-29)41-4/h11-14,17-18,21,27-28,30,33H,5-10,15-16,19-20,23-24H2,1-4H3,(H,36,39). The molecule has 4 rings (SSSR count). The highest BCUT2D eigenvalue weighted by Crippen LogP contribution is 2.40. The maximum atomic E-state index is 12.9. The van der Waals surface area contributed by atoms with Crippen molar-refractivity contribution in [3.05, 3.63) is 53.6 Å². The summed E-state index contributed by atoms with van der Waals surface area (Å²) in [7, 11) is 5.23. The van der Waals surface area contributed by atoms with Crippen molar-refractivity contribution in [3.63, 3.8) is 0 Å². The minimum Gasteiger partial charge on any atom is -0.493 e. The van der Waals surface area contributed by atoms with Gasteiger partial charge in [0.2, 0.25) is 0 Å². The number of carbonyl (C=O) groups is 1. The first kappa shape index (κ1) is 31.5. The molecule has 2 aromatic rings. The molecule has 228 valence electrons. The van der Waals surface area contributed by atoms with Crippen molar-refractivity contribution >= 4 is 6.03 Å². The van der Waals surface area contributed by atoms with Gasteiger partial charge >= 0.3 is 6.03 Å². The number of piperidine rings is 1. The van der Waals surface area contributed by atoms with Gasteiger partial charge < -0.3 is 29.3 Å². The lowest BCUT2D eigenvalue weighted by Gasteiger charge is -2.42. The fraction of sp³-hybridized carbons (Fsp3) is 0.588. The monoisotopic (exact) mass is 576 g/mol. The Labute approximate surface area is 251 Å². The van der Waals surface area contributed by atoms with Crippen molar-refractivity contribution in [2.45, 2.75) is 70.4 Å². The van der Waals surface area contributed by atoms with Crippen molar-refractivity contribution in [1.82, 2.24) is 15.1 Å². The first-order valence-electron chi connectivity index (χ1n) is 15.6. The molecule has 1 N–H and O–H groups in total. The van der Waals surface area contributed by atoms with E-state index >= 15 is 0 Å². The maximum Gasteiger partial charge on any atom is 0.317 e. The molecule has 3 unspecified atom stereocenters. The average molecular weight is 577 g/mol. The second kappa shape index (κ2) is 15.7. The number of urea groups is 1. The number of ether oxygens (including phenoxy) is 3. The molecule has 1 saturated heterocycles. The van der Waals surface area contributed by atoms with Gasteiger partial charge in [-0.3, -0.25) is 0 Å². The summed E-state index contributed by atoms with van der Waals surface area (Å²) in [4.78, 5) is 17.5. The first-order chi connectivity index (χ1) is 20.5. The van der Waals surface area contributed by atoms with Gasteiger partial charge in [0.15, 0.2) is 11.5 Å². The topological polar surface area (TPSA) is 87.1 Å². The normalized spacial score (nSPS) is 20.4. The number of hydrogen-bond donors (Lipinski definition) is 1. The quantitative estimate of drug-likeness (QED) is 0.247. The summed E-state index contributed by atoms with van der Waals surface area (Å²) in [6.45, 7) is 6.04. The van der Waals surface area contributed by atoms with Gasteiger partial charge in [-0.1, -0.05) is 38.3 Å². The molecule has 1 saturated carbocycles. The molecule has 2 aromatic carbocycles. The average Bonchev–Trinajstić information content (AvgIpc) is 3.29. The molecule has 2 bridgehead atoms. The van der Waals surface area contributed by atoms with E-state index in [0.717, 1.165) is 51.0 Å². The second-order valence-corrected chi connectivity index (χ2v) is 11.8. The van der Waals surface area contributed by atoms with Crippen LogP contribution < -0.4 is 19.5 Å². The Morgan fingerprint density at radius 1 is 1.02 bits per heavy atom. The number of nitriles is 1. The summed E-state index contributed by atoms with van der Waals surface area (Å²) < 4.78 is 17.4. The maximum absolute atomic E-state index is 12.9. The highest BCUT2D eigenvalue weighted by Gasteiger charge is 2.45. The molecule has 2 fully saturated rings. The molecular formula is C34H48N4O4. The third-order valence-corrected chi connectivity index (χ3v) is 8.92. The van der Waals surface area contributed by atoms with E-state index in [1.165, 1.54) is 32.1 Å². The molecular weight excluding hydrogens is 528 g/mol. The van der Waals surface area contributed by atoms with Gasteiger partial charge in [-0.2, -0.15) is 5.26 Å². The molecule has 0 radical (unpaired) electrons. The van der Waals surface area contributed by atoms with Crippen molar-refractivity contribution in [2.24, 2.45) is 11.8 Å². The lowest BCUT2D eigenvalue weighted by atomic mass is 9.90. The number of nitrogens with zero attached hydrogens (tertiary/aromatic N) is 3. The number of fused-ring (bicyclic) bond motifs is 2. The van der Waals surface area contributed by atoms with Gasteiger partial charge in [-0.15, -0.1) is 0 Å². The molecule has 0 aromatic heterocycles. The Balaban J connectivity index is 1.33. The molecule has 1 aliphatic heterocycles. The number of likely N-dealkylation sites (tertiary alicyclic amines) is 1. The molecule has 0 spiro atoms. The molecule has 1 heterocycles. The number of rotatable bonds is 15. The van der Waals surface area contributed by atoms with Crippen LogP contribution in [0.5, 0.6) is 17.2 Å². The lowest BCUT2D eigenvalue weighted by Crippen LogP contribution is -2.55. The summed E-state index contributed by atoms with van der Waals surface area (Å²) in [5, 5.41) is 12.4. The van der Waals surface area contributed by atoms with E-state index in [1.54, 1.807) is 14.2 Å². The van der Waals surface area contributed by atoms with Gasteiger partial charge in [-0.25, -0.2) is 4.79 Å². The predicted octanol–water partition coefficient (Wildman–Crippen LogP) is 6.41. The summed E-state index contributed by atoms with van der Waals surface area (Å²) in [5.74, 6) is 3.05. The van der Waals surface area contributed by atoms with Crippen LogP contribution in [-0.2, 0) is 0 Å². The van der Waals surface area contributed by atoms with Gasteiger partial charge in [0.25, 0.3) is 0 Å². The van der Waals surface area contributed by atoms with E-state index in [4.69, 9.17) is 14.2 Å². The van der Waals surface area contributed by atoms with E-state index in [1.807, 2.05) is 54.4 Å². The number of carbonyl (C=O) groups excluding carboxylic acids is 1. The zero-order chi connectivity index (χ0) is 29.9. The zero-order valence-corrected chi connectivity index (χ0v) is 25.8. The van der Waals surface area contributed by atoms with Crippen LogP contribution >= 0.6 is 0 Å². The highest BCUT2D eigenvalue weighted by atomic mass is 16.5. The second-order valence-electron chi connectivity index (χ2n) is 11.8. The minimum atomic E-state index is -0.155. The van der Waals surface area contributed by atoms with Gasteiger partial charge in [0.1, 0.15) is 11.9 Å². The molecule has 2 amide bonds. The predicted molar refractivity (Wildman–Crippen MR) is 165 cm³/mol. The van der Waals surface area contributed by atoms with Crippen LogP contribution in [0.1, 0.15) is 75.5 Å². The molecule has 3 atom stereocenters. The van der Waals surface area contributed by atoms with Crippen LogP contribution in [0.25, 0.3) is 0 Å². The van der Waals surface area contributed by atoms with Crippen LogP contribution in [0.4, 0.5) is 4.79 Å². The Bertz CT molecular complexity index is 1170. The largest absolute Gasteiger partial charge is 0.493 e. The number of methoxy groups -OCH3 is 2. The SMILES string of the molecule is CCCCCCNC(=O)N(C)C1C2CCC1CN(CCCC(Oc1ccc(OC)c(OC)c1)c1ccc(C#N)cc1)C2. The summed E-state index contributed by atoms with van der Waals surface area (Å²) in [5.41, 5.74) is 1.68. The van der Waals surface area contributed by atoms with Crippen molar-refractivity contribution in [3.8, 4) is 23.3 Å². The van der Waals surface area contributed by atoms with Crippen molar-refractivity contribution < 1.29 is 19.0 Å². The summed E-state index contributed by atoms with van der Waals surface area (Å²) >= 11 is 0. The van der Waals surface area contributed by atoms with Crippen LogP contribution in [0.3, 0.4) is 0 Å². The fourth-order valence-electron chi connectivity index (χ4n) is 6.73. The molecule has 8 nitrogen and oxygen atoms in total. The smallest absolute Gasteiger partial charge is 0.317 e. The summed E-state index contributed by atoms with van der Waals surface area (Å²) in [6, 6.07) is 15.9. The van der Waals surface area contributed by atoms with Gasteiger partial charge in [0, 0.05) is 38.8 Å². The number of amides is 2. The van der Waals surface area contributed by atoms with E-state index < -0.39 is 0 Å². The first-order valence-corrected chi connectivity index (χ1v) is 15.6. The van der Waals surface area contributed by atoms with Crippen LogP contribution in [0, 0.1) is 23.2 Å². The Hall–Kier alpha value is -3.44. The molecule has 8 heteroatoms. The number of hydrogen-bond acceptors (Lipinski definition) is 6. The number of unbranched alkanes of at least 4 members (excludes halogenated alkanes) is 3. The third-order valence-electron chi connectivity index (χ3n) is 8.92. The molecule has 1 aliphatic carbocycles. The lowest BCUT2D eigenvalue weighted by molar-refractivity contribution is 0.0731. The van der Waals surface area contributed by atoms with E-state index in [2.05, 4.69) is 23.2 Å². The van der Waals surface area contributed by atoms with E-state index in [-0.39, 0.29) is 12.1 Å². The fourth-order valence-corrected chi connectivity index (χ4v) is 6.73. The van der Waals surface area contributed by atoms with Gasteiger partial charge in [-0.05, 0) is 80.3 Å². The number of benzene rings is 2. The van der Waals surface area contributed by atoms with Crippen molar-refractivity contribution in [2.75, 3.05) is 47.4 Å². The molecule has 42 heavy (non-hydrogen) atoms. The number of nitrogens with one attached hydrogen (secondary N) is 1. The Morgan fingerprint density at radius 2 is 1.74 bits per heavy atom. The minimum absolute atomic E-state index is 0.0828. The van der Waals surface area contributed by atoms with Gasteiger partial charge in [0.05, 0.1) is 25.9 Å². The van der Waals surface area contributed by atoms with E-state index in [0.29, 0.717) is 40.7 Å². The van der Waals surface area contributed by atoms with Crippen LogP contribution in [-0.4, -0.2) is 69.3 Å². The third kappa shape index (κ3) is 8.10. The zero-order valence-electron chi connectivity index (χ0n) is 25.8. The van der Waals surface area contributed by atoms with E-state index in [9.17, 15) is 10.1 Å². The Kier molecular flexibility index (Phi) is 11.8.